The van der Waals surface area contributed by atoms with E-state index in [1.165, 1.54) is 24.3 Å². The highest BCUT2D eigenvalue weighted by Gasteiger charge is 2.29. The van der Waals surface area contributed by atoms with Crippen molar-refractivity contribution in [3.63, 3.8) is 0 Å². The SMILES string of the molecule is CC(C)CC(N)C(=O)NC(CC(N)=O)C(=O)NC(Cc1ccc(O)cc1)C(=O)NCC(=O)O. The van der Waals surface area contributed by atoms with Crippen molar-refractivity contribution >= 4 is 29.6 Å². The van der Waals surface area contributed by atoms with Crippen molar-refractivity contribution in [1.29, 1.82) is 0 Å². The molecule has 0 bridgehead atoms. The van der Waals surface area contributed by atoms with Gasteiger partial charge in [-0.25, -0.2) is 0 Å². The van der Waals surface area contributed by atoms with Gasteiger partial charge >= 0.3 is 5.97 Å². The first-order valence-electron chi connectivity index (χ1n) is 10.3. The number of carbonyl (C=O) groups excluding carboxylic acids is 4. The van der Waals surface area contributed by atoms with Gasteiger partial charge in [0.15, 0.2) is 0 Å². The fourth-order valence-electron chi connectivity index (χ4n) is 2.94. The number of benzene rings is 1. The zero-order valence-corrected chi connectivity index (χ0v) is 18.5. The van der Waals surface area contributed by atoms with Crippen molar-refractivity contribution in [3.8, 4) is 5.75 Å². The third kappa shape index (κ3) is 10.5. The summed E-state index contributed by atoms with van der Waals surface area (Å²) in [7, 11) is 0. The number of carbonyl (C=O) groups is 5. The summed E-state index contributed by atoms with van der Waals surface area (Å²) < 4.78 is 0. The van der Waals surface area contributed by atoms with E-state index in [1.54, 1.807) is 0 Å². The average Bonchev–Trinajstić information content (AvgIpc) is 2.71. The number of phenols is 1. The maximum absolute atomic E-state index is 12.8. The van der Waals surface area contributed by atoms with Crippen molar-refractivity contribution < 1.29 is 34.2 Å². The van der Waals surface area contributed by atoms with Crippen LogP contribution in [0.4, 0.5) is 0 Å². The molecule has 0 saturated heterocycles. The smallest absolute Gasteiger partial charge is 0.322 e. The van der Waals surface area contributed by atoms with Crippen LogP contribution in [0.5, 0.6) is 5.75 Å². The lowest BCUT2D eigenvalue weighted by molar-refractivity contribution is -0.138. The first-order valence-corrected chi connectivity index (χ1v) is 10.3. The van der Waals surface area contributed by atoms with E-state index in [1.807, 2.05) is 13.8 Å². The second kappa shape index (κ2) is 13.0. The molecule has 0 radical (unpaired) electrons. The van der Waals surface area contributed by atoms with Crippen molar-refractivity contribution in [2.24, 2.45) is 17.4 Å². The molecule has 33 heavy (non-hydrogen) atoms. The van der Waals surface area contributed by atoms with Crippen molar-refractivity contribution in [2.75, 3.05) is 6.54 Å². The van der Waals surface area contributed by atoms with E-state index in [9.17, 15) is 29.1 Å². The fourth-order valence-corrected chi connectivity index (χ4v) is 2.94. The van der Waals surface area contributed by atoms with Crippen LogP contribution in [0.25, 0.3) is 0 Å². The van der Waals surface area contributed by atoms with E-state index in [0.29, 0.717) is 12.0 Å². The predicted molar refractivity (Wildman–Crippen MR) is 118 cm³/mol. The summed E-state index contributed by atoms with van der Waals surface area (Å²) in [4.78, 5) is 60.0. The summed E-state index contributed by atoms with van der Waals surface area (Å²) in [5.74, 6) is -4.35. The van der Waals surface area contributed by atoms with Crippen molar-refractivity contribution in [1.82, 2.24) is 16.0 Å². The van der Waals surface area contributed by atoms with Crippen LogP contribution >= 0.6 is 0 Å². The summed E-state index contributed by atoms with van der Waals surface area (Å²) in [5.41, 5.74) is 11.6. The molecule has 12 heteroatoms. The molecule has 0 spiro atoms. The van der Waals surface area contributed by atoms with Crippen LogP contribution in [0.2, 0.25) is 0 Å². The number of hydrogen-bond acceptors (Lipinski definition) is 7. The molecule has 1 aromatic carbocycles. The number of nitrogens with two attached hydrogens (primary N) is 2. The molecular weight excluding hydrogens is 434 g/mol. The Hall–Kier alpha value is -3.67. The summed E-state index contributed by atoms with van der Waals surface area (Å²) in [6.07, 6.45) is -0.242. The number of phenolic OH excluding ortho intramolecular Hbond substituents is 1. The number of hydrogen-bond donors (Lipinski definition) is 7. The first kappa shape index (κ1) is 27.4. The van der Waals surface area contributed by atoms with E-state index in [4.69, 9.17) is 16.6 Å². The molecule has 1 rings (SSSR count). The molecule has 0 aliphatic heterocycles. The zero-order chi connectivity index (χ0) is 25.1. The Morgan fingerprint density at radius 3 is 2.03 bits per heavy atom. The Labute approximate surface area is 191 Å². The molecule has 4 amide bonds. The van der Waals surface area contributed by atoms with Crippen molar-refractivity contribution in [3.05, 3.63) is 29.8 Å². The number of primary amides is 1. The molecule has 1 aromatic rings. The molecule has 0 heterocycles. The van der Waals surface area contributed by atoms with Gasteiger partial charge in [-0.3, -0.25) is 24.0 Å². The van der Waals surface area contributed by atoms with Gasteiger partial charge in [0.2, 0.25) is 23.6 Å². The van der Waals surface area contributed by atoms with Crippen LogP contribution in [0.3, 0.4) is 0 Å². The van der Waals surface area contributed by atoms with Crippen molar-refractivity contribution in [2.45, 2.75) is 51.2 Å². The second-order valence-electron chi connectivity index (χ2n) is 8.01. The normalized spacial score (nSPS) is 13.5. The number of amides is 4. The Bertz CT molecular complexity index is 857. The molecule has 0 saturated carbocycles. The Kier molecular flexibility index (Phi) is 10.8. The van der Waals surface area contributed by atoms with Gasteiger partial charge in [-0.15, -0.1) is 0 Å². The van der Waals surface area contributed by atoms with E-state index >= 15 is 0 Å². The molecule has 0 aromatic heterocycles. The van der Waals surface area contributed by atoms with Gasteiger partial charge < -0.3 is 37.6 Å². The van der Waals surface area contributed by atoms with Crippen LogP contribution in [0.15, 0.2) is 24.3 Å². The van der Waals surface area contributed by atoms with E-state index in [2.05, 4.69) is 16.0 Å². The van der Waals surface area contributed by atoms with Gasteiger partial charge in [0.05, 0.1) is 12.5 Å². The molecule has 0 fully saturated rings. The fraction of sp³-hybridized carbons (Fsp3) is 0.476. The lowest BCUT2D eigenvalue weighted by Gasteiger charge is -2.24. The van der Waals surface area contributed by atoms with Gasteiger partial charge in [0, 0.05) is 6.42 Å². The van der Waals surface area contributed by atoms with E-state index in [0.717, 1.165) is 0 Å². The molecule has 0 aliphatic rings. The van der Waals surface area contributed by atoms with Gasteiger partial charge in [0.1, 0.15) is 24.4 Å². The van der Waals surface area contributed by atoms with Crippen LogP contribution in [-0.4, -0.2) is 64.5 Å². The molecule has 0 aliphatic carbocycles. The van der Waals surface area contributed by atoms with Crippen LogP contribution in [0.1, 0.15) is 32.3 Å². The average molecular weight is 466 g/mol. The standard InChI is InChI=1S/C21H31N5O7/c1-11(2)7-14(22)19(31)25-16(9-17(23)28)21(33)26-15(20(32)24-10-18(29)30)8-12-3-5-13(27)6-4-12/h3-6,11,14-16,27H,7-10,22H2,1-2H3,(H2,23,28)(H,24,32)(H,25,31)(H,26,33)(H,29,30). The third-order valence-corrected chi connectivity index (χ3v) is 4.52. The van der Waals surface area contributed by atoms with Crippen LogP contribution in [0, 0.1) is 5.92 Å². The monoisotopic (exact) mass is 465 g/mol. The highest BCUT2D eigenvalue weighted by Crippen LogP contribution is 2.12. The lowest BCUT2D eigenvalue weighted by atomic mass is 10.0. The van der Waals surface area contributed by atoms with E-state index < -0.39 is 60.7 Å². The largest absolute Gasteiger partial charge is 0.508 e. The quantitative estimate of drug-likeness (QED) is 0.179. The number of nitrogens with one attached hydrogen (secondary N) is 3. The van der Waals surface area contributed by atoms with E-state index in [-0.39, 0.29) is 18.1 Å². The number of carboxylic acids is 1. The summed E-state index contributed by atoms with van der Waals surface area (Å²) in [6.45, 7) is 3.06. The number of aromatic hydroxyl groups is 1. The topological polar surface area (TPSA) is 214 Å². The van der Waals surface area contributed by atoms with Gasteiger partial charge in [0.25, 0.3) is 0 Å². The maximum Gasteiger partial charge on any atom is 0.322 e. The van der Waals surface area contributed by atoms with Gasteiger partial charge in [-0.05, 0) is 30.0 Å². The molecule has 3 atom stereocenters. The molecular formula is C21H31N5O7. The minimum Gasteiger partial charge on any atom is -0.508 e. The zero-order valence-electron chi connectivity index (χ0n) is 18.5. The Balaban J connectivity index is 3.02. The molecule has 182 valence electrons. The van der Waals surface area contributed by atoms with Crippen LogP contribution in [-0.2, 0) is 30.4 Å². The third-order valence-electron chi connectivity index (χ3n) is 4.52. The van der Waals surface area contributed by atoms with Crippen LogP contribution < -0.4 is 27.4 Å². The predicted octanol–water partition coefficient (Wildman–Crippen LogP) is -1.65. The highest BCUT2D eigenvalue weighted by molar-refractivity contribution is 5.96. The minimum absolute atomic E-state index is 0.00312. The summed E-state index contributed by atoms with van der Waals surface area (Å²) >= 11 is 0. The maximum atomic E-state index is 12.8. The van der Waals surface area contributed by atoms with Gasteiger partial charge in [-0.2, -0.15) is 0 Å². The molecule has 9 N–H and O–H groups in total. The minimum atomic E-state index is -1.39. The van der Waals surface area contributed by atoms with Gasteiger partial charge in [-0.1, -0.05) is 26.0 Å². The summed E-state index contributed by atoms with van der Waals surface area (Å²) in [6, 6.07) is 2.27. The number of rotatable bonds is 13. The second-order valence-corrected chi connectivity index (χ2v) is 8.01. The summed E-state index contributed by atoms with van der Waals surface area (Å²) in [5, 5.41) is 25.2. The molecule has 12 nitrogen and oxygen atoms in total. The lowest BCUT2D eigenvalue weighted by Crippen LogP contribution is -2.57. The Morgan fingerprint density at radius 2 is 1.52 bits per heavy atom. The first-order chi connectivity index (χ1) is 15.4. The number of aliphatic carboxylic acids is 1. The number of carboxylic acid groups (broad SMARTS) is 1. The highest BCUT2D eigenvalue weighted by atomic mass is 16.4. The Morgan fingerprint density at radius 1 is 0.939 bits per heavy atom. The molecule has 3 unspecified atom stereocenters.